The Morgan fingerprint density at radius 3 is 2.56 bits per heavy atom. The summed E-state index contributed by atoms with van der Waals surface area (Å²) in [6.45, 7) is 3.05. The van der Waals surface area contributed by atoms with Gasteiger partial charge >= 0.3 is 0 Å². The van der Waals surface area contributed by atoms with Crippen molar-refractivity contribution in [1.82, 2.24) is 4.98 Å². The zero-order valence-corrected chi connectivity index (χ0v) is 15.9. The van der Waals surface area contributed by atoms with Crippen LogP contribution in [0.4, 0.5) is 5.69 Å². The van der Waals surface area contributed by atoms with E-state index < -0.39 is 0 Å². The van der Waals surface area contributed by atoms with Crippen molar-refractivity contribution in [3.05, 3.63) is 70.4 Å². The molecule has 0 radical (unpaired) electrons. The molecule has 2 aromatic carbocycles. The fraction of sp³-hybridized carbons (Fsp3) is 0.143. The third-order valence-electron chi connectivity index (χ3n) is 4.47. The third-order valence-corrected chi connectivity index (χ3v) is 6.21. The Hall–Kier alpha value is -2.17. The van der Waals surface area contributed by atoms with E-state index in [4.69, 9.17) is 0 Å². The van der Waals surface area contributed by atoms with E-state index in [2.05, 4.69) is 83.5 Å². The van der Waals surface area contributed by atoms with E-state index in [-0.39, 0.29) is 0 Å². The number of aromatic amines is 1. The minimum atomic E-state index is 0.881. The number of thioether (sulfide) groups is 1. The molecule has 2 heterocycles. The smallest absolute Gasteiger partial charge is 0.0809 e. The molecule has 4 aromatic rings. The van der Waals surface area contributed by atoms with Gasteiger partial charge in [0.25, 0.3) is 0 Å². The number of aromatic nitrogens is 1. The summed E-state index contributed by atoms with van der Waals surface area (Å²) in [6, 6.07) is 19.4. The second-order valence-electron chi connectivity index (χ2n) is 6.04. The summed E-state index contributed by atoms with van der Waals surface area (Å²) in [6.07, 6.45) is 2.12. The molecule has 0 spiro atoms. The third kappa shape index (κ3) is 3.20. The maximum Gasteiger partial charge on any atom is 0.0809 e. The van der Waals surface area contributed by atoms with Crippen LogP contribution in [-0.2, 0) is 6.54 Å². The molecule has 4 rings (SSSR count). The quantitative estimate of drug-likeness (QED) is 0.394. The number of hydrogen-bond donors (Lipinski definition) is 2. The van der Waals surface area contributed by atoms with Crippen LogP contribution in [0, 0.1) is 6.92 Å². The molecule has 0 aliphatic carbocycles. The van der Waals surface area contributed by atoms with E-state index >= 15 is 0 Å². The molecule has 0 aliphatic rings. The molecule has 25 heavy (non-hydrogen) atoms. The Labute approximate surface area is 156 Å². The molecule has 0 saturated heterocycles. The fourth-order valence-corrected chi connectivity index (χ4v) is 4.57. The van der Waals surface area contributed by atoms with Crippen LogP contribution >= 0.6 is 23.1 Å². The molecule has 2 aromatic heterocycles. The number of anilines is 1. The van der Waals surface area contributed by atoms with Gasteiger partial charge in [-0.05, 0) is 54.0 Å². The number of hydrogen-bond acceptors (Lipinski definition) is 3. The first-order valence-electron chi connectivity index (χ1n) is 8.28. The van der Waals surface area contributed by atoms with Gasteiger partial charge in [0.05, 0.1) is 5.03 Å². The summed E-state index contributed by atoms with van der Waals surface area (Å²) in [4.78, 5) is 4.92. The highest BCUT2D eigenvalue weighted by atomic mass is 32.2. The zero-order valence-electron chi connectivity index (χ0n) is 14.3. The Morgan fingerprint density at radius 2 is 1.84 bits per heavy atom. The highest BCUT2D eigenvalue weighted by molar-refractivity contribution is 7.98. The summed E-state index contributed by atoms with van der Waals surface area (Å²) in [5.41, 5.74) is 6.25. The molecule has 2 nitrogen and oxygen atoms in total. The van der Waals surface area contributed by atoms with E-state index in [1.807, 2.05) is 0 Å². The Morgan fingerprint density at radius 1 is 1.04 bits per heavy atom. The minimum Gasteiger partial charge on any atom is -0.380 e. The molecular formula is C21H20N2S2. The predicted octanol–water partition coefficient (Wildman–Crippen LogP) is 6.54. The standard InChI is InChI=1S/C21H20N2S2/c1-14-11-12-25-19(14)13-22-16-9-7-15(8-10-16)20-17-5-3-4-6-18(17)23-21(20)24-2/h3-12,22-23H,13H2,1-2H3. The molecule has 0 bridgehead atoms. The van der Waals surface area contributed by atoms with Gasteiger partial charge < -0.3 is 10.3 Å². The van der Waals surface area contributed by atoms with Crippen LogP contribution in [0.5, 0.6) is 0 Å². The number of aryl methyl sites for hydroxylation is 1. The SMILES string of the molecule is CSc1[nH]c2ccccc2c1-c1ccc(NCc2sccc2C)cc1. The summed E-state index contributed by atoms with van der Waals surface area (Å²) in [5.74, 6) is 0. The molecule has 4 heteroatoms. The molecule has 0 fully saturated rings. The van der Waals surface area contributed by atoms with Gasteiger partial charge in [0.1, 0.15) is 0 Å². The van der Waals surface area contributed by atoms with Gasteiger partial charge in [0, 0.05) is 33.6 Å². The normalized spacial score (nSPS) is 11.1. The Balaban J connectivity index is 1.61. The van der Waals surface area contributed by atoms with Crippen molar-refractivity contribution < 1.29 is 0 Å². The van der Waals surface area contributed by atoms with Crippen LogP contribution < -0.4 is 5.32 Å². The van der Waals surface area contributed by atoms with Crippen LogP contribution in [0.25, 0.3) is 22.0 Å². The number of benzene rings is 2. The number of nitrogens with one attached hydrogen (secondary N) is 2. The van der Waals surface area contributed by atoms with Crippen LogP contribution in [0.15, 0.2) is 65.0 Å². The first-order valence-corrected chi connectivity index (χ1v) is 10.4. The summed E-state index contributed by atoms with van der Waals surface area (Å²) in [7, 11) is 0. The number of thiophene rings is 1. The first kappa shape index (κ1) is 16.3. The lowest BCUT2D eigenvalue weighted by Crippen LogP contribution is -1.98. The number of rotatable bonds is 5. The molecule has 0 amide bonds. The molecule has 2 N–H and O–H groups in total. The van der Waals surface area contributed by atoms with Crippen molar-refractivity contribution >= 4 is 39.7 Å². The molecule has 126 valence electrons. The highest BCUT2D eigenvalue weighted by Crippen LogP contribution is 2.37. The molecule has 0 unspecified atom stereocenters. The number of H-pyrrole nitrogens is 1. The van der Waals surface area contributed by atoms with E-state index in [0.717, 1.165) is 12.2 Å². The summed E-state index contributed by atoms with van der Waals surface area (Å²) < 4.78 is 0. The number of para-hydroxylation sites is 1. The molecule has 0 aliphatic heterocycles. The van der Waals surface area contributed by atoms with Gasteiger partial charge in [-0.2, -0.15) is 0 Å². The number of fused-ring (bicyclic) bond motifs is 1. The minimum absolute atomic E-state index is 0.881. The van der Waals surface area contributed by atoms with E-state index in [0.29, 0.717) is 0 Å². The van der Waals surface area contributed by atoms with Crippen LogP contribution in [0.2, 0.25) is 0 Å². The van der Waals surface area contributed by atoms with E-state index in [1.54, 1.807) is 23.1 Å². The zero-order chi connectivity index (χ0) is 17.2. The Kier molecular flexibility index (Phi) is 4.55. The van der Waals surface area contributed by atoms with E-state index in [9.17, 15) is 0 Å². The first-order chi connectivity index (χ1) is 12.3. The molecular weight excluding hydrogens is 344 g/mol. The van der Waals surface area contributed by atoms with Crippen LogP contribution in [0.1, 0.15) is 10.4 Å². The average Bonchev–Trinajstić information content (AvgIpc) is 3.23. The van der Waals surface area contributed by atoms with Crippen LogP contribution in [0.3, 0.4) is 0 Å². The Bertz CT molecular complexity index is 996. The summed E-state index contributed by atoms with van der Waals surface area (Å²) >= 11 is 3.57. The monoisotopic (exact) mass is 364 g/mol. The van der Waals surface area contributed by atoms with Gasteiger partial charge in [-0.25, -0.2) is 0 Å². The largest absolute Gasteiger partial charge is 0.380 e. The molecule has 0 atom stereocenters. The maximum absolute atomic E-state index is 3.53. The maximum atomic E-state index is 3.53. The van der Waals surface area contributed by atoms with Crippen molar-refractivity contribution in [2.24, 2.45) is 0 Å². The second-order valence-corrected chi connectivity index (χ2v) is 7.85. The topological polar surface area (TPSA) is 27.8 Å². The lowest BCUT2D eigenvalue weighted by molar-refractivity contribution is 1.17. The van der Waals surface area contributed by atoms with Crippen molar-refractivity contribution in [3.8, 4) is 11.1 Å². The van der Waals surface area contributed by atoms with Gasteiger partial charge in [-0.3, -0.25) is 0 Å². The highest BCUT2D eigenvalue weighted by Gasteiger charge is 2.12. The van der Waals surface area contributed by atoms with Gasteiger partial charge in [0.15, 0.2) is 0 Å². The van der Waals surface area contributed by atoms with Gasteiger partial charge in [-0.1, -0.05) is 30.3 Å². The fourth-order valence-electron chi connectivity index (χ4n) is 3.08. The average molecular weight is 365 g/mol. The predicted molar refractivity (Wildman–Crippen MR) is 112 cm³/mol. The summed E-state index contributed by atoms with van der Waals surface area (Å²) in [5, 5.41) is 8.17. The second kappa shape index (κ2) is 6.98. The van der Waals surface area contributed by atoms with Gasteiger partial charge in [-0.15, -0.1) is 23.1 Å². The lowest BCUT2D eigenvalue weighted by Gasteiger charge is -2.08. The van der Waals surface area contributed by atoms with Crippen LogP contribution in [-0.4, -0.2) is 11.2 Å². The lowest BCUT2D eigenvalue weighted by atomic mass is 10.0. The van der Waals surface area contributed by atoms with E-state index in [1.165, 1.54) is 37.5 Å². The van der Waals surface area contributed by atoms with Crippen molar-refractivity contribution in [3.63, 3.8) is 0 Å². The van der Waals surface area contributed by atoms with Gasteiger partial charge in [0.2, 0.25) is 0 Å². The molecule has 0 saturated carbocycles. The van der Waals surface area contributed by atoms with Crippen molar-refractivity contribution in [2.45, 2.75) is 18.5 Å². The van der Waals surface area contributed by atoms with Crippen molar-refractivity contribution in [2.75, 3.05) is 11.6 Å². The van der Waals surface area contributed by atoms with Crippen molar-refractivity contribution in [1.29, 1.82) is 0 Å².